The monoisotopic (exact) mass is 340 g/mol. The number of carbonyl (C=O) groups excluding carboxylic acids is 1. The van der Waals surface area contributed by atoms with Gasteiger partial charge in [-0.2, -0.15) is 0 Å². The molecule has 0 unspecified atom stereocenters. The zero-order valence-electron chi connectivity index (χ0n) is 12.4. The van der Waals surface area contributed by atoms with Crippen molar-refractivity contribution in [3.8, 4) is 5.75 Å². The number of hydrogen-bond donors (Lipinski definition) is 2. The van der Waals surface area contributed by atoms with Crippen LogP contribution >= 0.6 is 11.8 Å². The Bertz CT molecular complexity index is 644. The number of benzene rings is 1. The van der Waals surface area contributed by atoms with E-state index in [1.807, 2.05) is 0 Å². The average Bonchev–Trinajstić information content (AvgIpc) is 3.28. The van der Waals surface area contributed by atoms with Gasteiger partial charge in [-0.05, 0) is 24.5 Å². The molecule has 0 atom stereocenters. The van der Waals surface area contributed by atoms with Crippen LogP contribution in [0.15, 0.2) is 18.2 Å². The van der Waals surface area contributed by atoms with Gasteiger partial charge in [0.2, 0.25) is 5.91 Å². The van der Waals surface area contributed by atoms with E-state index in [-0.39, 0.29) is 23.1 Å². The fraction of sp³-hybridized carbons (Fsp3) is 0.429. The number of nitrogens with one attached hydrogen (secondary N) is 1. The van der Waals surface area contributed by atoms with Crippen molar-refractivity contribution in [2.24, 2.45) is 0 Å². The molecule has 0 radical (unpaired) electrons. The molecule has 8 nitrogen and oxygen atoms in total. The quantitative estimate of drug-likeness (QED) is 0.544. The summed E-state index contributed by atoms with van der Waals surface area (Å²) in [6.07, 6.45) is 0.896. The van der Waals surface area contributed by atoms with Crippen LogP contribution in [0.5, 0.6) is 5.75 Å². The maximum atomic E-state index is 11.7. The van der Waals surface area contributed by atoms with Gasteiger partial charge >= 0.3 is 11.7 Å². The van der Waals surface area contributed by atoms with Gasteiger partial charge in [0.15, 0.2) is 5.75 Å². The number of aliphatic carboxylic acids is 1. The largest absolute Gasteiger partial charge is 0.490 e. The van der Waals surface area contributed by atoms with Gasteiger partial charge in [0, 0.05) is 11.8 Å². The van der Waals surface area contributed by atoms with E-state index in [4.69, 9.17) is 9.84 Å². The van der Waals surface area contributed by atoms with Crippen molar-refractivity contribution in [3.05, 3.63) is 33.9 Å². The van der Waals surface area contributed by atoms with Gasteiger partial charge in [-0.25, -0.2) is 4.79 Å². The molecule has 0 aromatic heterocycles. The molecule has 0 saturated heterocycles. The summed E-state index contributed by atoms with van der Waals surface area (Å²) in [6.45, 7) is 0. The van der Waals surface area contributed by atoms with Gasteiger partial charge in [-0.1, -0.05) is 6.07 Å². The van der Waals surface area contributed by atoms with E-state index < -0.39 is 16.4 Å². The summed E-state index contributed by atoms with van der Waals surface area (Å²) in [5.41, 5.74) is -0.524. The van der Waals surface area contributed by atoms with Gasteiger partial charge in [0.25, 0.3) is 0 Å². The molecule has 1 aliphatic carbocycles. The van der Waals surface area contributed by atoms with Gasteiger partial charge in [0.1, 0.15) is 5.54 Å². The van der Waals surface area contributed by atoms with Crippen molar-refractivity contribution in [1.29, 1.82) is 0 Å². The number of hydrogen-bond acceptors (Lipinski definition) is 6. The van der Waals surface area contributed by atoms with E-state index in [0.717, 1.165) is 0 Å². The molecule has 0 spiro atoms. The molecule has 1 fully saturated rings. The van der Waals surface area contributed by atoms with Crippen molar-refractivity contribution >= 4 is 29.3 Å². The minimum absolute atomic E-state index is 0.0921. The maximum absolute atomic E-state index is 11.7. The van der Waals surface area contributed by atoms with Gasteiger partial charge in [0.05, 0.1) is 17.8 Å². The lowest BCUT2D eigenvalue weighted by Gasteiger charge is -2.12. The molecular weight excluding hydrogens is 324 g/mol. The smallest absolute Gasteiger partial charge is 0.329 e. The highest BCUT2D eigenvalue weighted by molar-refractivity contribution is 7.99. The first-order valence-corrected chi connectivity index (χ1v) is 7.97. The molecule has 1 aliphatic rings. The second-order valence-electron chi connectivity index (χ2n) is 5.19. The third-order valence-electron chi connectivity index (χ3n) is 3.48. The number of nitro groups is 1. The van der Waals surface area contributed by atoms with Crippen LogP contribution in [0.3, 0.4) is 0 Å². The molecule has 2 rings (SSSR count). The fourth-order valence-electron chi connectivity index (χ4n) is 2.05. The maximum Gasteiger partial charge on any atom is 0.329 e. The average molecular weight is 340 g/mol. The number of ether oxygens (including phenoxy) is 1. The Labute approximate surface area is 136 Å². The van der Waals surface area contributed by atoms with E-state index in [0.29, 0.717) is 24.2 Å². The molecule has 0 bridgehead atoms. The normalized spacial score (nSPS) is 14.8. The lowest BCUT2D eigenvalue weighted by molar-refractivity contribution is -0.385. The second kappa shape index (κ2) is 6.86. The molecule has 0 aliphatic heterocycles. The Hall–Kier alpha value is -2.29. The van der Waals surface area contributed by atoms with Crippen LogP contribution in [-0.4, -0.2) is 40.3 Å². The number of nitrogens with zero attached hydrogens (tertiary/aromatic N) is 1. The zero-order valence-corrected chi connectivity index (χ0v) is 13.2. The number of carboxylic acids is 1. The SMILES string of the molecule is COc1ccc(CSCC(=O)NC2(C(=O)O)CC2)cc1[N+](=O)[O-]. The molecule has 1 amide bonds. The van der Waals surface area contributed by atoms with E-state index in [9.17, 15) is 19.7 Å². The third-order valence-corrected chi connectivity index (χ3v) is 4.48. The number of nitro benzene ring substituents is 1. The minimum atomic E-state index is -1.09. The van der Waals surface area contributed by atoms with Crippen molar-refractivity contribution in [2.45, 2.75) is 24.1 Å². The number of carboxylic acid groups (broad SMARTS) is 1. The van der Waals surface area contributed by atoms with Crippen LogP contribution in [0.2, 0.25) is 0 Å². The lowest BCUT2D eigenvalue weighted by atomic mass is 10.2. The summed E-state index contributed by atoms with van der Waals surface area (Å²) in [6, 6.07) is 4.61. The minimum Gasteiger partial charge on any atom is -0.490 e. The second-order valence-corrected chi connectivity index (χ2v) is 6.18. The predicted octanol–water partition coefficient (Wildman–Crippen LogP) is 1.57. The Morgan fingerprint density at radius 1 is 1.48 bits per heavy atom. The highest BCUT2D eigenvalue weighted by atomic mass is 32.2. The van der Waals surface area contributed by atoms with Crippen LogP contribution in [0.1, 0.15) is 18.4 Å². The lowest BCUT2D eigenvalue weighted by Crippen LogP contribution is -2.43. The number of rotatable bonds is 8. The Morgan fingerprint density at radius 3 is 2.70 bits per heavy atom. The number of amides is 1. The van der Waals surface area contributed by atoms with Crippen LogP contribution in [0.25, 0.3) is 0 Å². The zero-order chi connectivity index (χ0) is 17.0. The number of carbonyl (C=O) groups is 2. The summed E-state index contributed by atoms with van der Waals surface area (Å²) in [5.74, 6) is -0.689. The highest BCUT2D eigenvalue weighted by Crippen LogP contribution is 2.35. The van der Waals surface area contributed by atoms with Gasteiger partial charge in [-0.15, -0.1) is 11.8 Å². The molecule has 1 saturated carbocycles. The third kappa shape index (κ3) is 4.13. The van der Waals surface area contributed by atoms with Crippen molar-refractivity contribution in [2.75, 3.05) is 12.9 Å². The molecule has 23 heavy (non-hydrogen) atoms. The molecule has 2 N–H and O–H groups in total. The summed E-state index contributed by atoms with van der Waals surface area (Å²) >= 11 is 1.26. The van der Waals surface area contributed by atoms with E-state index in [1.54, 1.807) is 6.07 Å². The van der Waals surface area contributed by atoms with Crippen molar-refractivity contribution in [3.63, 3.8) is 0 Å². The summed E-state index contributed by atoms with van der Waals surface area (Å²) in [4.78, 5) is 33.1. The summed E-state index contributed by atoms with van der Waals surface area (Å²) in [7, 11) is 1.36. The Morgan fingerprint density at radius 2 is 2.17 bits per heavy atom. The van der Waals surface area contributed by atoms with Crippen molar-refractivity contribution < 1.29 is 24.4 Å². The Kier molecular flexibility index (Phi) is 5.09. The fourth-order valence-corrected chi connectivity index (χ4v) is 2.82. The molecule has 9 heteroatoms. The first-order valence-electron chi connectivity index (χ1n) is 6.81. The molecular formula is C14H16N2O6S. The van der Waals surface area contributed by atoms with E-state index in [1.165, 1.54) is 31.0 Å². The highest BCUT2D eigenvalue weighted by Gasteiger charge is 2.51. The summed E-state index contributed by atoms with van der Waals surface area (Å²) < 4.78 is 4.92. The summed E-state index contributed by atoms with van der Waals surface area (Å²) in [5, 5.41) is 22.4. The van der Waals surface area contributed by atoms with Crippen molar-refractivity contribution in [1.82, 2.24) is 5.32 Å². The van der Waals surface area contributed by atoms with Crippen LogP contribution in [0, 0.1) is 10.1 Å². The van der Waals surface area contributed by atoms with Gasteiger partial charge in [-0.3, -0.25) is 14.9 Å². The van der Waals surface area contributed by atoms with Crippen LogP contribution in [0.4, 0.5) is 5.69 Å². The molecule has 1 aromatic rings. The number of methoxy groups -OCH3 is 1. The Balaban J connectivity index is 1.87. The first kappa shape index (κ1) is 17.1. The predicted molar refractivity (Wildman–Crippen MR) is 83.6 cm³/mol. The standard InChI is InChI=1S/C14H16N2O6S/c1-22-11-3-2-9(6-10(11)16(20)21)7-23-8-12(17)15-14(4-5-14)13(18)19/h2-3,6H,4-5,7-8H2,1H3,(H,15,17)(H,18,19). The van der Waals surface area contributed by atoms with Gasteiger partial charge < -0.3 is 15.2 Å². The molecule has 1 aromatic carbocycles. The molecule has 0 heterocycles. The number of thioether (sulfide) groups is 1. The van der Waals surface area contributed by atoms with Crippen LogP contribution in [-0.2, 0) is 15.3 Å². The van der Waals surface area contributed by atoms with E-state index in [2.05, 4.69) is 5.32 Å². The van der Waals surface area contributed by atoms with Crippen LogP contribution < -0.4 is 10.1 Å². The molecule has 124 valence electrons. The topological polar surface area (TPSA) is 119 Å². The first-order chi connectivity index (χ1) is 10.9. The van der Waals surface area contributed by atoms with E-state index >= 15 is 0 Å².